The van der Waals surface area contributed by atoms with E-state index in [1.807, 2.05) is 0 Å². The average Bonchev–Trinajstić information content (AvgIpc) is 2.30. The predicted octanol–water partition coefficient (Wildman–Crippen LogP) is 1.08. The van der Waals surface area contributed by atoms with Gasteiger partial charge in [-0.25, -0.2) is 17.5 Å². The summed E-state index contributed by atoms with van der Waals surface area (Å²) in [4.78, 5) is -0.514. The van der Waals surface area contributed by atoms with Gasteiger partial charge in [0.15, 0.2) is 5.82 Å². The number of benzene rings is 1. The molecule has 0 aliphatic carbocycles. The third-order valence-corrected chi connectivity index (χ3v) is 4.24. The number of hydrogen-bond acceptors (Lipinski definition) is 4. The van der Waals surface area contributed by atoms with Crippen LogP contribution in [0.4, 0.5) is 10.1 Å². The molecule has 0 aromatic heterocycles. The van der Waals surface area contributed by atoms with Crippen LogP contribution in [-0.2, 0) is 10.0 Å². The quantitative estimate of drug-likeness (QED) is 0.699. The summed E-state index contributed by atoms with van der Waals surface area (Å²) in [5.74, 6) is -1.15. The largest absolute Gasteiger partial charge is 0.399 e. The summed E-state index contributed by atoms with van der Waals surface area (Å²) < 4.78 is 39.7. The first-order chi connectivity index (χ1) is 8.27. The van der Waals surface area contributed by atoms with Crippen molar-refractivity contribution in [1.29, 1.82) is 0 Å². The van der Waals surface area contributed by atoms with Crippen molar-refractivity contribution in [3.05, 3.63) is 22.4 Å². The molecule has 0 fully saturated rings. The number of halogens is 2. The lowest BCUT2D eigenvalue weighted by Gasteiger charge is -2.12. The Morgan fingerprint density at radius 2 is 2.17 bits per heavy atom. The molecule has 1 aromatic carbocycles. The topological polar surface area (TPSA) is 92.4 Å². The minimum atomic E-state index is -3.99. The van der Waals surface area contributed by atoms with E-state index < -0.39 is 20.7 Å². The summed E-state index contributed by atoms with van der Waals surface area (Å²) in [6, 6.07) is 2.33. The van der Waals surface area contributed by atoms with Crippen molar-refractivity contribution in [3.63, 3.8) is 0 Å². The lowest BCUT2D eigenvalue weighted by Crippen LogP contribution is -2.30. The van der Waals surface area contributed by atoms with E-state index in [0.29, 0.717) is 0 Å². The number of aliphatic hydroxyl groups is 1. The van der Waals surface area contributed by atoms with Crippen LogP contribution >= 0.6 is 15.9 Å². The molecular formula is C10H14BrFN2O3S. The van der Waals surface area contributed by atoms with Gasteiger partial charge in [0.1, 0.15) is 4.90 Å². The highest BCUT2D eigenvalue weighted by Gasteiger charge is 2.22. The van der Waals surface area contributed by atoms with E-state index in [9.17, 15) is 12.8 Å². The summed E-state index contributed by atoms with van der Waals surface area (Å²) in [5.41, 5.74) is 5.62. The minimum absolute atomic E-state index is 0.0157. The molecule has 102 valence electrons. The maximum absolute atomic E-state index is 13.7. The lowest BCUT2D eigenvalue weighted by atomic mass is 10.2. The van der Waals surface area contributed by atoms with Gasteiger partial charge in [-0.1, -0.05) is 6.92 Å². The maximum atomic E-state index is 13.7. The highest BCUT2D eigenvalue weighted by molar-refractivity contribution is 9.10. The van der Waals surface area contributed by atoms with Crippen molar-refractivity contribution in [2.75, 3.05) is 18.9 Å². The van der Waals surface area contributed by atoms with Crippen molar-refractivity contribution >= 4 is 31.6 Å². The second-order valence-corrected chi connectivity index (χ2v) is 6.54. The summed E-state index contributed by atoms with van der Waals surface area (Å²) in [5, 5.41) is 8.81. The van der Waals surface area contributed by atoms with Gasteiger partial charge < -0.3 is 10.8 Å². The molecule has 0 heterocycles. The van der Waals surface area contributed by atoms with Gasteiger partial charge in [-0.3, -0.25) is 0 Å². The van der Waals surface area contributed by atoms with Crippen LogP contribution in [0.25, 0.3) is 0 Å². The number of anilines is 1. The number of nitrogens with one attached hydrogen (secondary N) is 1. The monoisotopic (exact) mass is 340 g/mol. The van der Waals surface area contributed by atoms with Crippen LogP contribution in [-0.4, -0.2) is 26.7 Å². The molecule has 0 saturated carbocycles. The van der Waals surface area contributed by atoms with Crippen LogP contribution in [0, 0.1) is 11.7 Å². The van der Waals surface area contributed by atoms with Crippen molar-refractivity contribution < 1.29 is 17.9 Å². The number of rotatable bonds is 5. The fourth-order valence-electron chi connectivity index (χ4n) is 1.17. The molecule has 8 heteroatoms. The van der Waals surface area contributed by atoms with E-state index in [1.54, 1.807) is 6.92 Å². The number of nitrogens with two attached hydrogens (primary N) is 1. The van der Waals surface area contributed by atoms with E-state index in [1.165, 1.54) is 6.07 Å². The molecule has 1 atom stereocenters. The molecular weight excluding hydrogens is 327 g/mol. The van der Waals surface area contributed by atoms with Gasteiger partial charge in [-0.05, 0) is 34.0 Å². The smallest absolute Gasteiger partial charge is 0.243 e. The standard InChI is InChI=1S/C10H14BrFN2O3S/c1-6(5-15)4-14-18(16,17)9-3-7(13)2-8(11)10(9)12/h2-3,6,14-15H,4-5,13H2,1H3. The summed E-state index contributed by atoms with van der Waals surface area (Å²) in [6.45, 7) is 1.52. The van der Waals surface area contributed by atoms with Crippen molar-refractivity contribution in [1.82, 2.24) is 4.72 Å². The lowest BCUT2D eigenvalue weighted by molar-refractivity contribution is 0.238. The van der Waals surface area contributed by atoms with Gasteiger partial charge in [0, 0.05) is 18.8 Å². The van der Waals surface area contributed by atoms with Crippen LogP contribution in [0.5, 0.6) is 0 Å². The van der Waals surface area contributed by atoms with Gasteiger partial charge in [0.05, 0.1) is 4.47 Å². The van der Waals surface area contributed by atoms with Gasteiger partial charge in [0.25, 0.3) is 0 Å². The van der Waals surface area contributed by atoms with Crippen molar-refractivity contribution in [2.24, 2.45) is 5.92 Å². The first-order valence-electron chi connectivity index (χ1n) is 5.13. The highest BCUT2D eigenvalue weighted by Crippen LogP contribution is 2.25. The zero-order valence-corrected chi connectivity index (χ0v) is 12.1. The third-order valence-electron chi connectivity index (χ3n) is 2.24. The fourth-order valence-corrected chi connectivity index (χ4v) is 3.08. The summed E-state index contributed by atoms with van der Waals surface area (Å²) in [7, 11) is -3.99. The maximum Gasteiger partial charge on any atom is 0.243 e. The molecule has 0 radical (unpaired) electrons. The highest BCUT2D eigenvalue weighted by atomic mass is 79.9. The number of sulfonamides is 1. The molecule has 18 heavy (non-hydrogen) atoms. The third kappa shape index (κ3) is 3.64. The van der Waals surface area contributed by atoms with Gasteiger partial charge in [-0.2, -0.15) is 0 Å². The SMILES string of the molecule is CC(CO)CNS(=O)(=O)c1cc(N)cc(Br)c1F. The fraction of sp³-hybridized carbons (Fsp3) is 0.400. The van der Waals surface area contributed by atoms with Crippen LogP contribution in [0.2, 0.25) is 0 Å². The molecule has 1 aromatic rings. The Balaban J connectivity index is 3.05. The molecule has 4 N–H and O–H groups in total. The van der Waals surface area contributed by atoms with Crippen LogP contribution < -0.4 is 10.5 Å². The number of nitrogen functional groups attached to an aromatic ring is 1. The van der Waals surface area contributed by atoms with E-state index in [2.05, 4.69) is 20.7 Å². The van der Waals surface area contributed by atoms with E-state index in [-0.39, 0.29) is 29.2 Å². The van der Waals surface area contributed by atoms with Gasteiger partial charge in [0.2, 0.25) is 10.0 Å². The Kier molecular flexibility index (Phi) is 5.09. The molecule has 1 rings (SSSR count). The van der Waals surface area contributed by atoms with E-state index >= 15 is 0 Å². The van der Waals surface area contributed by atoms with Crippen LogP contribution in [0.15, 0.2) is 21.5 Å². The van der Waals surface area contributed by atoms with Crippen molar-refractivity contribution in [2.45, 2.75) is 11.8 Å². The number of aliphatic hydroxyl groups excluding tert-OH is 1. The first kappa shape index (κ1) is 15.4. The first-order valence-corrected chi connectivity index (χ1v) is 7.40. The molecule has 0 spiro atoms. The molecule has 5 nitrogen and oxygen atoms in total. The molecule has 0 amide bonds. The Morgan fingerprint density at radius 3 is 2.72 bits per heavy atom. The normalized spacial score (nSPS) is 13.6. The van der Waals surface area contributed by atoms with Gasteiger partial charge in [-0.15, -0.1) is 0 Å². The Morgan fingerprint density at radius 1 is 1.56 bits per heavy atom. The van der Waals surface area contributed by atoms with Gasteiger partial charge >= 0.3 is 0 Å². The summed E-state index contributed by atoms with van der Waals surface area (Å²) >= 11 is 2.90. The zero-order valence-electron chi connectivity index (χ0n) is 9.65. The number of hydrogen-bond donors (Lipinski definition) is 3. The Labute approximate surface area is 113 Å². The molecule has 1 unspecified atom stereocenters. The second kappa shape index (κ2) is 5.96. The molecule has 0 aliphatic rings. The Bertz CT molecular complexity index is 536. The Hall–Kier alpha value is -0.700. The zero-order chi connectivity index (χ0) is 13.9. The second-order valence-electron chi connectivity index (χ2n) is 3.95. The predicted molar refractivity (Wildman–Crippen MR) is 70.0 cm³/mol. The van der Waals surface area contributed by atoms with E-state index in [4.69, 9.17) is 10.8 Å². The molecule has 0 bridgehead atoms. The minimum Gasteiger partial charge on any atom is -0.399 e. The summed E-state index contributed by atoms with van der Waals surface area (Å²) in [6.07, 6.45) is 0. The van der Waals surface area contributed by atoms with E-state index in [0.717, 1.165) is 6.07 Å². The van der Waals surface area contributed by atoms with Crippen LogP contribution in [0.3, 0.4) is 0 Å². The van der Waals surface area contributed by atoms with Crippen molar-refractivity contribution in [3.8, 4) is 0 Å². The average molecular weight is 341 g/mol. The van der Waals surface area contributed by atoms with Crippen LogP contribution in [0.1, 0.15) is 6.92 Å². The molecule has 0 aliphatic heterocycles. The molecule has 0 saturated heterocycles.